The molecule has 3 amide bonds. The highest BCUT2D eigenvalue weighted by molar-refractivity contribution is 6.07. The lowest BCUT2D eigenvalue weighted by Gasteiger charge is -2.44. The van der Waals surface area contributed by atoms with E-state index < -0.39 is 5.54 Å². The maximum atomic E-state index is 13.5. The van der Waals surface area contributed by atoms with Gasteiger partial charge in [0.2, 0.25) is 5.91 Å². The molecule has 2 aliphatic rings. The van der Waals surface area contributed by atoms with Crippen molar-refractivity contribution < 1.29 is 19.1 Å². The van der Waals surface area contributed by atoms with E-state index in [0.29, 0.717) is 12.3 Å². The fourth-order valence-electron chi connectivity index (χ4n) is 4.18. The Balaban J connectivity index is 1.62. The van der Waals surface area contributed by atoms with Crippen molar-refractivity contribution >= 4 is 17.7 Å². The standard InChI is InChI=1S/C22H27N5O4/c1-4-23-19(28)17-18-20(29)27(15-9-10-15)22(2,12-26(18)13-25-17)21(30)24-11-14-7-5-6-8-16(14)31-3/h5-8,13,15H,4,9-12H2,1-3H3,(H,23,28)(H,24,30). The summed E-state index contributed by atoms with van der Waals surface area (Å²) in [6.45, 7) is 4.53. The second-order valence-electron chi connectivity index (χ2n) is 8.10. The van der Waals surface area contributed by atoms with Gasteiger partial charge in [0.05, 0.1) is 20.0 Å². The van der Waals surface area contributed by atoms with Crippen molar-refractivity contribution in [2.24, 2.45) is 0 Å². The van der Waals surface area contributed by atoms with E-state index in [-0.39, 0.29) is 48.2 Å². The van der Waals surface area contributed by atoms with Gasteiger partial charge < -0.3 is 24.8 Å². The Labute approximate surface area is 180 Å². The van der Waals surface area contributed by atoms with E-state index in [1.54, 1.807) is 23.5 Å². The first kappa shape index (κ1) is 20.9. The van der Waals surface area contributed by atoms with E-state index in [0.717, 1.165) is 18.4 Å². The number of carbonyl (C=O) groups is 3. The highest BCUT2D eigenvalue weighted by atomic mass is 16.5. The minimum Gasteiger partial charge on any atom is -0.496 e. The second kappa shape index (κ2) is 8.05. The minimum absolute atomic E-state index is 0.0137. The summed E-state index contributed by atoms with van der Waals surface area (Å²) in [6.07, 6.45) is 3.14. The molecule has 1 aromatic carbocycles. The van der Waals surface area contributed by atoms with E-state index >= 15 is 0 Å². The van der Waals surface area contributed by atoms with Gasteiger partial charge in [-0.2, -0.15) is 0 Å². The highest BCUT2D eigenvalue weighted by Gasteiger charge is 2.53. The second-order valence-corrected chi connectivity index (χ2v) is 8.10. The van der Waals surface area contributed by atoms with Crippen LogP contribution in [0.5, 0.6) is 5.75 Å². The Kier molecular flexibility index (Phi) is 5.43. The van der Waals surface area contributed by atoms with Gasteiger partial charge in [-0.05, 0) is 32.8 Å². The predicted molar refractivity (Wildman–Crippen MR) is 113 cm³/mol. The molecule has 1 fully saturated rings. The zero-order chi connectivity index (χ0) is 22.2. The number of nitrogens with one attached hydrogen (secondary N) is 2. The third-order valence-corrected chi connectivity index (χ3v) is 5.85. The first-order valence-corrected chi connectivity index (χ1v) is 10.5. The summed E-state index contributed by atoms with van der Waals surface area (Å²) < 4.78 is 6.98. The Morgan fingerprint density at radius 3 is 2.68 bits per heavy atom. The molecule has 9 heteroatoms. The van der Waals surface area contributed by atoms with Crippen LogP contribution >= 0.6 is 0 Å². The maximum absolute atomic E-state index is 13.5. The fourth-order valence-corrected chi connectivity index (χ4v) is 4.18. The molecule has 2 aromatic rings. The molecule has 0 radical (unpaired) electrons. The van der Waals surface area contributed by atoms with Gasteiger partial charge in [0.1, 0.15) is 17.0 Å². The van der Waals surface area contributed by atoms with Gasteiger partial charge in [-0.3, -0.25) is 14.4 Å². The molecule has 4 rings (SSSR count). The molecule has 0 saturated heterocycles. The number of nitrogens with zero attached hydrogens (tertiary/aromatic N) is 3. The lowest BCUT2D eigenvalue weighted by atomic mass is 9.93. The van der Waals surface area contributed by atoms with Crippen LogP contribution in [0.1, 0.15) is 53.2 Å². The molecule has 31 heavy (non-hydrogen) atoms. The fraction of sp³-hybridized carbons (Fsp3) is 0.455. The molecule has 1 atom stereocenters. The summed E-state index contributed by atoms with van der Waals surface area (Å²) in [5.74, 6) is -0.278. The number of para-hydroxylation sites is 1. The molecule has 2 N–H and O–H groups in total. The maximum Gasteiger partial charge on any atom is 0.274 e. The number of hydrogen-bond acceptors (Lipinski definition) is 5. The molecule has 1 aliphatic heterocycles. The number of ether oxygens (including phenoxy) is 1. The van der Waals surface area contributed by atoms with Crippen LogP contribution in [0.4, 0.5) is 0 Å². The zero-order valence-corrected chi connectivity index (χ0v) is 18.0. The minimum atomic E-state index is -1.09. The Bertz CT molecular complexity index is 1030. The third kappa shape index (κ3) is 3.64. The number of fused-ring (bicyclic) bond motifs is 1. The van der Waals surface area contributed by atoms with E-state index in [1.807, 2.05) is 31.2 Å². The zero-order valence-electron chi connectivity index (χ0n) is 18.0. The first-order valence-electron chi connectivity index (χ1n) is 10.5. The van der Waals surface area contributed by atoms with E-state index in [1.165, 1.54) is 6.33 Å². The Morgan fingerprint density at radius 1 is 1.26 bits per heavy atom. The number of benzene rings is 1. The van der Waals surface area contributed by atoms with Crippen molar-refractivity contribution in [3.05, 3.63) is 47.5 Å². The van der Waals surface area contributed by atoms with Crippen LogP contribution in [0.3, 0.4) is 0 Å². The monoisotopic (exact) mass is 425 g/mol. The first-order chi connectivity index (χ1) is 14.9. The number of hydrogen-bond donors (Lipinski definition) is 2. The van der Waals surface area contributed by atoms with Crippen molar-refractivity contribution in [1.82, 2.24) is 25.1 Å². The number of carbonyl (C=O) groups excluding carboxylic acids is 3. The average Bonchev–Trinajstić information content (AvgIpc) is 3.50. The molecule has 0 bridgehead atoms. The van der Waals surface area contributed by atoms with Gasteiger partial charge in [0.25, 0.3) is 11.8 Å². The lowest BCUT2D eigenvalue weighted by Crippen LogP contribution is -2.64. The molecule has 2 heterocycles. The summed E-state index contributed by atoms with van der Waals surface area (Å²) in [5.41, 5.74) is 0.109. The Hall–Kier alpha value is -3.36. The van der Waals surface area contributed by atoms with Crippen LogP contribution in [0.2, 0.25) is 0 Å². The highest BCUT2D eigenvalue weighted by Crippen LogP contribution is 2.38. The number of methoxy groups -OCH3 is 1. The molecule has 9 nitrogen and oxygen atoms in total. The molecule has 1 unspecified atom stereocenters. The van der Waals surface area contributed by atoms with Gasteiger partial charge in [0.15, 0.2) is 5.69 Å². The van der Waals surface area contributed by atoms with Crippen LogP contribution in [0.15, 0.2) is 30.6 Å². The van der Waals surface area contributed by atoms with Crippen LogP contribution in [-0.2, 0) is 17.9 Å². The largest absolute Gasteiger partial charge is 0.496 e. The molecular weight excluding hydrogens is 398 g/mol. The smallest absolute Gasteiger partial charge is 0.274 e. The van der Waals surface area contributed by atoms with Crippen molar-refractivity contribution in [3.8, 4) is 5.75 Å². The van der Waals surface area contributed by atoms with Crippen LogP contribution in [-0.4, -0.2) is 57.4 Å². The molecule has 0 spiro atoms. The van der Waals surface area contributed by atoms with Crippen LogP contribution in [0.25, 0.3) is 0 Å². The van der Waals surface area contributed by atoms with Gasteiger partial charge in [0, 0.05) is 24.7 Å². The van der Waals surface area contributed by atoms with E-state index in [9.17, 15) is 14.4 Å². The topological polar surface area (TPSA) is 106 Å². The van der Waals surface area contributed by atoms with Gasteiger partial charge in [-0.1, -0.05) is 18.2 Å². The quantitative estimate of drug-likeness (QED) is 0.696. The summed E-state index contributed by atoms with van der Waals surface area (Å²) in [4.78, 5) is 45.0. The number of aromatic nitrogens is 2. The number of amides is 3. The van der Waals surface area contributed by atoms with Crippen molar-refractivity contribution in [2.45, 2.75) is 51.4 Å². The van der Waals surface area contributed by atoms with E-state index in [4.69, 9.17) is 4.74 Å². The van der Waals surface area contributed by atoms with Crippen LogP contribution in [0, 0.1) is 0 Å². The molecule has 1 saturated carbocycles. The summed E-state index contributed by atoms with van der Waals surface area (Å²) in [6, 6.07) is 7.46. The normalized spacial score (nSPS) is 20.2. The molecule has 1 aromatic heterocycles. The molecule has 164 valence electrons. The van der Waals surface area contributed by atoms with E-state index in [2.05, 4.69) is 15.6 Å². The third-order valence-electron chi connectivity index (χ3n) is 5.85. The molecule has 1 aliphatic carbocycles. The van der Waals surface area contributed by atoms with Gasteiger partial charge >= 0.3 is 0 Å². The Morgan fingerprint density at radius 2 is 2.00 bits per heavy atom. The summed E-state index contributed by atoms with van der Waals surface area (Å²) >= 11 is 0. The SMILES string of the molecule is CCNC(=O)c1ncn2c1C(=O)N(C1CC1)C(C)(C(=O)NCc1ccccc1OC)C2. The summed E-state index contributed by atoms with van der Waals surface area (Å²) in [5, 5.41) is 5.67. The van der Waals surface area contributed by atoms with Crippen molar-refractivity contribution in [1.29, 1.82) is 0 Å². The van der Waals surface area contributed by atoms with Crippen molar-refractivity contribution in [2.75, 3.05) is 13.7 Å². The van der Waals surface area contributed by atoms with Crippen molar-refractivity contribution in [3.63, 3.8) is 0 Å². The van der Waals surface area contributed by atoms with Gasteiger partial charge in [-0.15, -0.1) is 0 Å². The molecular formula is C22H27N5O4. The predicted octanol–water partition coefficient (Wildman–Crippen LogP) is 1.33. The van der Waals surface area contributed by atoms with Crippen LogP contribution < -0.4 is 15.4 Å². The number of rotatable bonds is 7. The lowest BCUT2D eigenvalue weighted by molar-refractivity contribution is -0.133. The number of imidazole rings is 1. The summed E-state index contributed by atoms with van der Waals surface area (Å²) in [7, 11) is 1.59. The van der Waals surface area contributed by atoms with Gasteiger partial charge in [-0.25, -0.2) is 4.98 Å². The average molecular weight is 425 g/mol.